The Morgan fingerprint density at radius 3 is 2.39 bits per heavy atom. The minimum atomic E-state index is -0.357. The van der Waals surface area contributed by atoms with Gasteiger partial charge >= 0.3 is 0 Å². The second kappa shape index (κ2) is 7.67. The molecule has 0 saturated carbocycles. The summed E-state index contributed by atoms with van der Waals surface area (Å²) in [6.07, 6.45) is 0. The Kier molecular flexibility index (Phi) is 7.36. The molecule has 0 radical (unpaired) electrons. The maximum absolute atomic E-state index is 11.5. The first-order valence-corrected chi connectivity index (χ1v) is 6.60. The first-order valence-electron chi connectivity index (χ1n) is 5.62. The summed E-state index contributed by atoms with van der Waals surface area (Å²) < 4.78 is 0. The summed E-state index contributed by atoms with van der Waals surface area (Å²) in [4.78, 5) is 12.7. The Labute approximate surface area is 119 Å². The maximum atomic E-state index is 11.5. The van der Waals surface area contributed by atoms with Crippen LogP contribution in [0.25, 0.3) is 0 Å². The van der Waals surface area contributed by atoms with E-state index in [0.717, 1.165) is 4.90 Å². The molecule has 1 rings (SSSR count). The molecular formula is C13H21ClN2OS. The van der Waals surface area contributed by atoms with Crippen LogP contribution in [0, 0.1) is 6.92 Å². The number of halogens is 1. The number of benzene rings is 1. The lowest BCUT2D eigenvalue weighted by atomic mass is 10.1. The van der Waals surface area contributed by atoms with Crippen LogP contribution in [0.5, 0.6) is 0 Å². The molecule has 0 aliphatic heterocycles. The van der Waals surface area contributed by atoms with E-state index in [1.54, 1.807) is 0 Å². The van der Waals surface area contributed by atoms with Crippen LogP contribution in [0.2, 0.25) is 0 Å². The highest BCUT2D eigenvalue weighted by atomic mass is 35.5. The van der Waals surface area contributed by atoms with Gasteiger partial charge in [-0.25, -0.2) is 0 Å². The molecule has 0 bridgehead atoms. The highest BCUT2D eigenvalue weighted by Gasteiger charge is 2.12. The van der Waals surface area contributed by atoms with Crippen molar-refractivity contribution in [1.29, 1.82) is 0 Å². The third-order valence-electron chi connectivity index (χ3n) is 2.13. The standard InChI is InChI=1S/C13H20N2OS.ClH/c1-10-4-6-11(7-5-10)17-8-12(16)15-9-13(2,3)14;/h4-7H,8-9,14H2,1-3H3,(H,15,16);1H. The highest BCUT2D eigenvalue weighted by molar-refractivity contribution is 8.00. The number of aryl methyl sites for hydroxylation is 1. The van der Waals surface area contributed by atoms with E-state index in [1.807, 2.05) is 45.0 Å². The molecule has 1 amide bonds. The second-order valence-corrected chi connectivity index (χ2v) is 5.92. The fourth-order valence-corrected chi connectivity index (χ4v) is 1.89. The van der Waals surface area contributed by atoms with Crippen molar-refractivity contribution >= 4 is 30.1 Å². The SMILES string of the molecule is Cc1ccc(SCC(=O)NCC(C)(C)N)cc1.Cl. The van der Waals surface area contributed by atoms with Crippen molar-refractivity contribution in [3.8, 4) is 0 Å². The van der Waals surface area contributed by atoms with E-state index in [0.29, 0.717) is 12.3 Å². The molecular weight excluding hydrogens is 268 g/mol. The predicted octanol–water partition coefficient (Wildman–Crippen LogP) is 2.36. The first kappa shape index (κ1) is 17.3. The number of amides is 1. The van der Waals surface area contributed by atoms with Crippen molar-refractivity contribution in [2.45, 2.75) is 31.2 Å². The van der Waals surface area contributed by atoms with Crippen LogP contribution in [0.15, 0.2) is 29.2 Å². The van der Waals surface area contributed by atoms with E-state index >= 15 is 0 Å². The molecule has 0 heterocycles. The summed E-state index contributed by atoms with van der Waals surface area (Å²) in [5.74, 6) is 0.452. The molecule has 18 heavy (non-hydrogen) atoms. The topological polar surface area (TPSA) is 55.1 Å². The van der Waals surface area contributed by atoms with Crippen molar-refractivity contribution < 1.29 is 4.79 Å². The monoisotopic (exact) mass is 288 g/mol. The van der Waals surface area contributed by atoms with Gasteiger partial charge in [0.2, 0.25) is 5.91 Å². The van der Waals surface area contributed by atoms with E-state index in [1.165, 1.54) is 17.3 Å². The number of thioether (sulfide) groups is 1. The lowest BCUT2D eigenvalue weighted by Crippen LogP contribution is -2.45. The van der Waals surface area contributed by atoms with Gasteiger partial charge in [-0.2, -0.15) is 0 Å². The molecule has 1 aromatic rings. The molecule has 102 valence electrons. The zero-order valence-electron chi connectivity index (χ0n) is 11.0. The van der Waals surface area contributed by atoms with Gasteiger partial charge in [0.05, 0.1) is 5.75 Å². The number of nitrogens with one attached hydrogen (secondary N) is 1. The van der Waals surface area contributed by atoms with Gasteiger partial charge < -0.3 is 11.1 Å². The maximum Gasteiger partial charge on any atom is 0.230 e. The zero-order chi connectivity index (χ0) is 12.9. The molecule has 0 spiro atoms. The van der Waals surface area contributed by atoms with Crippen LogP contribution in [-0.2, 0) is 4.79 Å². The van der Waals surface area contributed by atoms with Crippen molar-refractivity contribution in [1.82, 2.24) is 5.32 Å². The minimum Gasteiger partial charge on any atom is -0.354 e. The van der Waals surface area contributed by atoms with Crippen LogP contribution in [0.4, 0.5) is 0 Å². The Bertz CT molecular complexity index is 374. The average molecular weight is 289 g/mol. The lowest BCUT2D eigenvalue weighted by molar-refractivity contribution is -0.118. The van der Waals surface area contributed by atoms with E-state index in [-0.39, 0.29) is 23.9 Å². The number of hydrogen-bond acceptors (Lipinski definition) is 3. The Morgan fingerprint density at radius 1 is 1.33 bits per heavy atom. The van der Waals surface area contributed by atoms with Crippen molar-refractivity contribution in [2.24, 2.45) is 5.73 Å². The number of carbonyl (C=O) groups is 1. The largest absolute Gasteiger partial charge is 0.354 e. The van der Waals surface area contributed by atoms with Gasteiger partial charge in [-0.3, -0.25) is 4.79 Å². The normalized spacial score (nSPS) is 10.7. The molecule has 1 aromatic carbocycles. The molecule has 3 N–H and O–H groups in total. The van der Waals surface area contributed by atoms with E-state index in [9.17, 15) is 4.79 Å². The summed E-state index contributed by atoms with van der Waals surface area (Å²) in [5, 5.41) is 2.82. The van der Waals surface area contributed by atoms with Gasteiger partial charge in [-0.05, 0) is 32.9 Å². The number of nitrogens with two attached hydrogens (primary N) is 1. The Balaban J connectivity index is 0.00000289. The molecule has 0 aliphatic rings. The molecule has 0 atom stereocenters. The summed E-state index contributed by atoms with van der Waals surface area (Å²) in [5.41, 5.74) is 6.65. The Hall–Kier alpha value is -0.710. The van der Waals surface area contributed by atoms with Gasteiger partial charge in [-0.1, -0.05) is 17.7 Å². The van der Waals surface area contributed by atoms with Crippen molar-refractivity contribution in [2.75, 3.05) is 12.3 Å². The van der Waals surface area contributed by atoms with Gasteiger partial charge in [0, 0.05) is 17.0 Å². The summed E-state index contributed by atoms with van der Waals surface area (Å²) in [7, 11) is 0. The highest BCUT2D eigenvalue weighted by Crippen LogP contribution is 2.17. The number of rotatable bonds is 5. The van der Waals surface area contributed by atoms with Crippen LogP contribution < -0.4 is 11.1 Å². The Morgan fingerprint density at radius 2 is 1.89 bits per heavy atom. The predicted molar refractivity (Wildman–Crippen MR) is 80.4 cm³/mol. The number of carbonyl (C=O) groups excluding carboxylic acids is 1. The van der Waals surface area contributed by atoms with E-state index in [2.05, 4.69) is 5.32 Å². The van der Waals surface area contributed by atoms with Crippen molar-refractivity contribution in [3.63, 3.8) is 0 Å². The average Bonchev–Trinajstić information content (AvgIpc) is 2.25. The summed E-state index contributed by atoms with van der Waals surface area (Å²) >= 11 is 1.53. The lowest BCUT2D eigenvalue weighted by Gasteiger charge is -2.18. The molecule has 0 saturated heterocycles. The molecule has 3 nitrogen and oxygen atoms in total. The number of hydrogen-bond donors (Lipinski definition) is 2. The zero-order valence-corrected chi connectivity index (χ0v) is 12.7. The minimum absolute atomic E-state index is 0. The molecule has 0 fully saturated rings. The third-order valence-corrected chi connectivity index (χ3v) is 3.14. The van der Waals surface area contributed by atoms with Gasteiger partial charge in [0.25, 0.3) is 0 Å². The van der Waals surface area contributed by atoms with E-state index in [4.69, 9.17) is 5.73 Å². The fourth-order valence-electron chi connectivity index (χ4n) is 1.16. The molecule has 0 aromatic heterocycles. The van der Waals surface area contributed by atoms with Gasteiger partial charge in [0.1, 0.15) is 0 Å². The van der Waals surface area contributed by atoms with Crippen LogP contribution in [-0.4, -0.2) is 23.7 Å². The van der Waals surface area contributed by atoms with Gasteiger partial charge in [-0.15, -0.1) is 24.2 Å². The smallest absolute Gasteiger partial charge is 0.230 e. The molecule has 5 heteroatoms. The van der Waals surface area contributed by atoms with Crippen LogP contribution in [0.1, 0.15) is 19.4 Å². The van der Waals surface area contributed by atoms with Crippen LogP contribution >= 0.6 is 24.2 Å². The summed E-state index contributed by atoms with van der Waals surface area (Å²) in [6, 6.07) is 8.15. The van der Waals surface area contributed by atoms with Gasteiger partial charge in [0.15, 0.2) is 0 Å². The van der Waals surface area contributed by atoms with E-state index < -0.39 is 0 Å². The second-order valence-electron chi connectivity index (χ2n) is 4.87. The van der Waals surface area contributed by atoms with Crippen LogP contribution in [0.3, 0.4) is 0 Å². The fraction of sp³-hybridized carbons (Fsp3) is 0.462. The first-order chi connectivity index (χ1) is 7.87. The summed E-state index contributed by atoms with van der Waals surface area (Å²) in [6.45, 7) is 6.32. The van der Waals surface area contributed by atoms with Crippen molar-refractivity contribution in [3.05, 3.63) is 29.8 Å². The quantitative estimate of drug-likeness (QED) is 0.818. The molecule has 0 aliphatic carbocycles. The third kappa shape index (κ3) is 7.58. The molecule has 0 unspecified atom stereocenters.